The molecule has 0 aliphatic carbocycles. The molecule has 1 heterocycles. The first-order chi connectivity index (χ1) is 10.5. The second-order valence-corrected chi connectivity index (χ2v) is 6.82. The molecule has 132 valence electrons. The summed E-state index contributed by atoms with van der Waals surface area (Å²) in [5, 5.41) is 29.1. The van der Waals surface area contributed by atoms with Gasteiger partial charge in [-0.3, -0.25) is 9.55 Å². The Balaban J connectivity index is 3.45. The van der Waals surface area contributed by atoms with E-state index in [1.807, 2.05) is 13.8 Å². The molecule has 1 aromatic heterocycles. The zero-order valence-corrected chi connectivity index (χ0v) is 13.5. The van der Waals surface area contributed by atoms with Gasteiger partial charge < -0.3 is 25.1 Å². The van der Waals surface area contributed by atoms with Crippen LogP contribution in [0, 0.1) is 0 Å². The van der Waals surface area contributed by atoms with Crippen LogP contribution in [0.1, 0.15) is 55.5 Å². The molecular formula is C13H20F2NO6P. The molecular weight excluding hydrogens is 335 g/mol. The molecule has 0 bridgehead atoms. The average molecular weight is 355 g/mol. The van der Waals surface area contributed by atoms with E-state index in [0.29, 0.717) is 12.8 Å². The van der Waals surface area contributed by atoms with Crippen molar-refractivity contribution >= 4 is 7.60 Å². The molecule has 0 spiro atoms. The third-order valence-corrected chi connectivity index (χ3v) is 4.78. The molecule has 0 aliphatic rings. The average Bonchev–Trinajstić information content (AvgIpc) is 2.47. The third-order valence-electron chi connectivity index (χ3n) is 3.76. The van der Waals surface area contributed by atoms with Gasteiger partial charge in [0.2, 0.25) is 0 Å². The Morgan fingerprint density at radius 2 is 1.83 bits per heavy atom. The van der Waals surface area contributed by atoms with E-state index in [0.717, 1.165) is 6.20 Å². The predicted octanol–water partition coefficient (Wildman–Crippen LogP) is 1.99. The molecule has 0 radical (unpaired) electrons. The topological polar surface area (TPSA) is 131 Å². The molecule has 1 atom stereocenters. The quantitative estimate of drug-likeness (QED) is 0.473. The fraction of sp³-hybridized carbons (Fsp3) is 0.615. The highest BCUT2D eigenvalue weighted by Crippen LogP contribution is 2.59. The Kier molecular flexibility index (Phi) is 6.23. The number of aliphatic hydroxyl groups is 2. The Morgan fingerprint density at radius 3 is 2.22 bits per heavy atom. The number of hydrogen-bond donors (Lipinski definition) is 5. The van der Waals surface area contributed by atoms with Gasteiger partial charge in [0.1, 0.15) is 5.75 Å². The highest BCUT2D eigenvalue weighted by Gasteiger charge is 2.56. The van der Waals surface area contributed by atoms with Crippen LogP contribution in [0.15, 0.2) is 6.20 Å². The van der Waals surface area contributed by atoms with Crippen molar-refractivity contribution in [3.8, 4) is 5.75 Å². The first-order valence-corrected chi connectivity index (χ1v) is 8.57. The molecule has 1 aromatic rings. The maximum atomic E-state index is 13.6. The first kappa shape index (κ1) is 19.9. The van der Waals surface area contributed by atoms with E-state index in [2.05, 4.69) is 4.98 Å². The molecule has 0 amide bonds. The molecule has 1 unspecified atom stereocenters. The molecule has 10 heteroatoms. The second kappa shape index (κ2) is 7.19. The lowest BCUT2D eigenvalue weighted by Crippen LogP contribution is -2.27. The maximum Gasteiger partial charge on any atom is 0.397 e. The fourth-order valence-electron chi connectivity index (χ4n) is 2.29. The zero-order chi connectivity index (χ0) is 18.0. The van der Waals surface area contributed by atoms with Crippen LogP contribution >= 0.6 is 7.60 Å². The lowest BCUT2D eigenvalue weighted by molar-refractivity contribution is -0.0616. The van der Waals surface area contributed by atoms with Gasteiger partial charge in [0.25, 0.3) is 0 Å². The summed E-state index contributed by atoms with van der Waals surface area (Å²) < 4.78 is 38.1. The number of hydrogen-bond acceptors (Lipinski definition) is 5. The minimum atomic E-state index is -5.95. The zero-order valence-electron chi connectivity index (χ0n) is 12.6. The number of rotatable bonds is 7. The number of aromatic hydroxyl groups is 1. The standard InChI is InChI=1S/C13H20F2NO6P/c1-3-7(4-2)10-11(18)9(6-17)8(5-16-10)12(19)13(14,15)23(20,21)22/h5,7,12,17-19H,3-4,6H2,1-2H3,(H2,20,21,22). The predicted molar refractivity (Wildman–Crippen MR) is 77.1 cm³/mol. The molecule has 0 saturated heterocycles. The number of aliphatic hydroxyl groups excluding tert-OH is 2. The summed E-state index contributed by atoms with van der Waals surface area (Å²) >= 11 is 0. The summed E-state index contributed by atoms with van der Waals surface area (Å²) in [6, 6.07) is 0. The van der Waals surface area contributed by atoms with Crippen LogP contribution in [0.5, 0.6) is 5.75 Å². The number of halogens is 2. The van der Waals surface area contributed by atoms with Crippen molar-refractivity contribution in [3.63, 3.8) is 0 Å². The van der Waals surface area contributed by atoms with E-state index >= 15 is 0 Å². The largest absolute Gasteiger partial charge is 0.506 e. The van der Waals surface area contributed by atoms with E-state index in [4.69, 9.17) is 9.79 Å². The molecule has 0 aliphatic heterocycles. The van der Waals surface area contributed by atoms with Gasteiger partial charge in [-0.05, 0) is 12.8 Å². The van der Waals surface area contributed by atoms with Crippen molar-refractivity contribution in [1.82, 2.24) is 4.98 Å². The summed E-state index contributed by atoms with van der Waals surface area (Å²) in [5.41, 5.74) is -5.76. The molecule has 0 aromatic carbocycles. The van der Waals surface area contributed by atoms with Crippen molar-refractivity contribution in [2.45, 2.75) is 51.0 Å². The van der Waals surface area contributed by atoms with Gasteiger partial charge in [-0.25, -0.2) is 0 Å². The number of pyridine rings is 1. The van der Waals surface area contributed by atoms with Crippen molar-refractivity contribution in [3.05, 3.63) is 23.0 Å². The van der Waals surface area contributed by atoms with Gasteiger partial charge >= 0.3 is 13.3 Å². The normalized spacial score (nSPS) is 14.3. The summed E-state index contributed by atoms with van der Waals surface area (Å²) in [5.74, 6) is -0.743. The number of alkyl halides is 2. The smallest absolute Gasteiger partial charge is 0.397 e. The summed E-state index contributed by atoms with van der Waals surface area (Å²) in [4.78, 5) is 21.2. The highest BCUT2D eigenvalue weighted by atomic mass is 31.2. The second-order valence-electron chi connectivity index (χ2n) is 5.13. The van der Waals surface area contributed by atoms with Gasteiger partial charge in [-0.1, -0.05) is 13.8 Å². The van der Waals surface area contributed by atoms with Crippen molar-refractivity contribution in [2.24, 2.45) is 0 Å². The van der Waals surface area contributed by atoms with Crippen LogP contribution in [0.2, 0.25) is 0 Å². The lowest BCUT2D eigenvalue weighted by atomic mass is 9.94. The summed E-state index contributed by atoms with van der Waals surface area (Å²) in [7, 11) is -5.95. The third kappa shape index (κ3) is 3.70. The molecule has 0 fully saturated rings. The Hall–Kier alpha value is -1.12. The van der Waals surface area contributed by atoms with Crippen LogP contribution in [-0.2, 0) is 11.2 Å². The first-order valence-electron chi connectivity index (χ1n) is 6.95. The molecule has 7 nitrogen and oxygen atoms in total. The van der Waals surface area contributed by atoms with Crippen LogP contribution < -0.4 is 0 Å². The van der Waals surface area contributed by atoms with E-state index < -0.39 is 42.8 Å². The maximum absolute atomic E-state index is 13.6. The van der Waals surface area contributed by atoms with Gasteiger partial charge in [-0.15, -0.1) is 0 Å². The molecule has 5 N–H and O–H groups in total. The van der Waals surface area contributed by atoms with Gasteiger partial charge in [0, 0.05) is 23.2 Å². The van der Waals surface area contributed by atoms with Gasteiger partial charge in [-0.2, -0.15) is 8.78 Å². The SMILES string of the molecule is CCC(CC)c1ncc(C(O)C(F)(F)P(=O)(O)O)c(CO)c1O. The molecule has 0 saturated carbocycles. The number of aromatic nitrogens is 1. The molecule has 1 rings (SSSR count). The van der Waals surface area contributed by atoms with E-state index in [-0.39, 0.29) is 11.6 Å². The van der Waals surface area contributed by atoms with Crippen molar-refractivity contribution < 1.29 is 38.5 Å². The molecule has 23 heavy (non-hydrogen) atoms. The van der Waals surface area contributed by atoms with Crippen LogP contribution in [0.3, 0.4) is 0 Å². The Labute approximate surface area is 131 Å². The van der Waals surface area contributed by atoms with Gasteiger partial charge in [0.05, 0.1) is 12.3 Å². The van der Waals surface area contributed by atoms with Crippen molar-refractivity contribution in [2.75, 3.05) is 0 Å². The highest BCUT2D eigenvalue weighted by molar-refractivity contribution is 7.53. The van der Waals surface area contributed by atoms with Crippen LogP contribution in [-0.4, -0.2) is 35.8 Å². The Bertz CT molecular complexity index is 602. The number of nitrogens with zero attached hydrogens (tertiary/aromatic N) is 1. The summed E-state index contributed by atoms with van der Waals surface area (Å²) in [6.45, 7) is 2.77. The van der Waals surface area contributed by atoms with Crippen LogP contribution in [0.4, 0.5) is 8.78 Å². The van der Waals surface area contributed by atoms with Crippen LogP contribution in [0.25, 0.3) is 0 Å². The summed E-state index contributed by atoms with van der Waals surface area (Å²) in [6.07, 6.45) is -0.919. The minimum absolute atomic E-state index is 0.175. The van der Waals surface area contributed by atoms with E-state index in [1.165, 1.54) is 0 Å². The van der Waals surface area contributed by atoms with Gasteiger partial charge in [0.15, 0.2) is 6.10 Å². The minimum Gasteiger partial charge on any atom is -0.506 e. The van der Waals surface area contributed by atoms with E-state index in [1.54, 1.807) is 0 Å². The lowest BCUT2D eigenvalue weighted by Gasteiger charge is -2.26. The monoisotopic (exact) mass is 355 g/mol. The van der Waals surface area contributed by atoms with E-state index in [9.17, 15) is 28.7 Å². The van der Waals surface area contributed by atoms with Crippen molar-refractivity contribution in [1.29, 1.82) is 0 Å². The fourth-order valence-corrected chi connectivity index (χ4v) is 2.75. The Morgan fingerprint density at radius 1 is 1.30 bits per heavy atom.